The van der Waals surface area contributed by atoms with Gasteiger partial charge in [0.15, 0.2) is 11.2 Å². The summed E-state index contributed by atoms with van der Waals surface area (Å²) in [5.41, 5.74) is 4.62. The molecule has 0 fully saturated rings. The van der Waals surface area contributed by atoms with Gasteiger partial charge in [0, 0.05) is 18.6 Å². The largest absolute Gasteiger partial charge is 0.332 e. The summed E-state index contributed by atoms with van der Waals surface area (Å²) in [6, 6.07) is 17.4. The fourth-order valence-electron chi connectivity index (χ4n) is 3.16. The molecule has 9 heteroatoms. The van der Waals surface area contributed by atoms with Gasteiger partial charge in [0.05, 0.1) is 12.8 Å². The molecule has 0 saturated heterocycles. The van der Waals surface area contributed by atoms with E-state index >= 15 is 0 Å². The maximum atomic E-state index is 12.9. The predicted octanol–water partition coefficient (Wildman–Crippen LogP) is 2.69. The third kappa shape index (κ3) is 3.71. The van der Waals surface area contributed by atoms with E-state index in [-0.39, 0.29) is 0 Å². The molecule has 0 atom stereocenters. The fraction of sp³-hybridized carbons (Fsp3) is 0.143. The summed E-state index contributed by atoms with van der Waals surface area (Å²) >= 11 is 3.43. The van der Waals surface area contributed by atoms with Crippen molar-refractivity contribution < 1.29 is 0 Å². The second-order valence-corrected chi connectivity index (χ2v) is 7.72. The number of nitrogens with zero attached hydrogens (tertiary/aromatic N) is 5. The molecule has 0 aliphatic rings. The molecule has 4 rings (SSSR count). The lowest BCUT2D eigenvalue weighted by Crippen LogP contribution is -2.37. The molecule has 0 unspecified atom stereocenters. The third-order valence-electron chi connectivity index (χ3n) is 4.78. The van der Waals surface area contributed by atoms with Crippen LogP contribution in [-0.2, 0) is 20.6 Å². The van der Waals surface area contributed by atoms with Gasteiger partial charge in [0.2, 0.25) is 5.95 Å². The van der Waals surface area contributed by atoms with E-state index in [1.165, 1.54) is 11.6 Å². The smallest absolute Gasteiger partial charge is 0.298 e. The van der Waals surface area contributed by atoms with E-state index in [9.17, 15) is 9.59 Å². The van der Waals surface area contributed by atoms with E-state index in [0.29, 0.717) is 23.7 Å². The molecule has 0 aliphatic carbocycles. The quantitative estimate of drug-likeness (QED) is 0.361. The number of anilines is 1. The number of aryl methyl sites for hydroxylation is 1. The molecule has 0 saturated carbocycles. The van der Waals surface area contributed by atoms with Crippen LogP contribution in [0, 0.1) is 0 Å². The van der Waals surface area contributed by atoms with Gasteiger partial charge in [0.25, 0.3) is 5.56 Å². The van der Waals surface area contributed by atoms with Crippen molar-refractivity contribution in [1.82, 2.24) is 18.7 Å². The predicted molar refractivity (Wildman–Crippen MR) is 121 cm³/mol. The molecule has 30 heavy (non-hydrogen) atoms. The topological polar surface area (TPSA) is 86.2 Å². The lowest BCUT2D eigenvalue weighted by Gasteiger charge is -2.09. The Morgan fingerprint density at radius 3 is 2.43 bits per heavy atom. The van der Waals surface area contributed by atoms with Crippen LogP contribution in [0.2, 0.25) is 0 Å². The van der Waals surface area contributed by atoms with E-state index in [1.54, 1.807) is 17.8 Å². The Hall–Kier alpha value is -3.46. The molecule has 8 nitrogen and oxygen atoms in total. The van der Waals surface area contributed by atoms with Gasteiger partial charge in [-0.15, -0.1) is 0 Å². The highest BCUT2D eigenvalue weighted by atomic mass is 79.9. The number of fused-ring (bicyclic) bond motifs is 1. The van der Waals surface area contributed by atoms with E-state index in [0.717, 1.165) is 20.2 Å². The Bertz CT molecular complexity index is 1350. The van der Waals surface area contributed by atoms with E-state index in [2.05, 4.69) is 31.4 Å². The molecule has 2 aromatic carbocycles. The van der Waals surface area contributed by atoms with Gasteiger partial charge in [-0.1, -0.05) is 58.4 Å². The summed E-state index contributed by atoms with van der Waals surface area (Å²) in [6.07, 6.45) is 1.67. The zero-order valence-corrected chi connectivity index (χ0v) is 18.0. The normalized spacial score (nSPS) is 11.4. The number of hydrogen-bond donors (Lipinski definition) is 1. The standard InChI is InChI=1S/C21H19BrN6O2/c1-26-18-17(19(29)27(2)21(26)30)28(13-15-8-10-16(22)11-9-15)20(24-18)25-23-12-14-6-4-3-5-7-14/h3-12H,13H2,1-2H3,(H,24,25)/b23-12+. The van der Waals surface area contributed by atoms with Crippen molar-refractivity contribution in [2.45, 2.75) is 6.54 Å². The van der Waals surface area contributed by atoms with Crippen molar-refractivity contribution in [3.8, 4) is 0 Å². The van der Waals surface area contributed by atoms with Crippen LogP contribution in [0.1, 0.15) is 11.1 Å². The lowest BCUT2D eigenvalue weighted by molar-refractivity contribution is 0.702. The first kappa shape index (κ1) is 19.8. The summed E-state index contributed by atoms with van der Waals surface area (Å²) in [7, 11) is 3.06. The number of hydrazone groups is 1. The van der Waals surface area contributed by atoms with Crippen LogP contribution in [0.15, 0.2) is 73.8 Å². The number of imidazole rings is 1. The molecule has 0 bridgehead atoms. The highest BCUT2D eigenvalue weighted by molar-refractivity contribution is 9.10. The van der Waals surface area contributed by atoms with E-state index in [4.69, 9.17) is 0 Å². The molecular formula is C21H19BrN6O2. The maximum absolute atomic E-state index is 12.9. The number of rotatable bonds is 5. The van der Waals surface area contributed by atoms with E-state index < -0.39 is 11.2 Å². The van der Waals surface area contributed by atoms with Gasteiger partial charge in [0.1, 0.15) is 0 Å². The van der Waals surface area contributed by atoms with Gasteiger partial charge in [-0.05, 0) is 23.3 Å². The van der Waals surface area contributed by atoms with Crippen LogP contribution in [0.5, 0.6) is 0 Å². The minimum Gasteiger partial charge on any atom is -0.298 e. The zero-order valence-electron chi connectivity index (χ0n) is 16.4. The molecule has 2 aromatic heterocycles. The van der Waals surface area contributed by atoms with Gasteiger partial charge >= 0.3 is 5.69 Å². The SMILES string of the molecule is Cn1c(=O)c2c(nc(N/N=C/c3ccccc3)n2Cc2ccc(Br)cc2)n(C)c1=O. The van der Waals surface area contributed by atoms with Crippen molar-refractivity contribution in [2.24, 2.45) is 19.2 Å². The molecule has 0 spiro atoms. The fourth-order valence-corrected chi connectivity index (χ4v) is 3.43. The molecule has 4 aromatic rings. The van der Waals surface area contributed by atoms with Crippen LogP contribution >= 0.6 is 15.9 Å². The van der Waals surface area contributed by atoms with Crippen molar-refractivity contribution in [3.63, 3.8) is 0 Å². The first-order valence-electron chi connectivity index (χ1n) is 9.20. The van der Waals surface area contributed by atoms with Crippen LogP contribution in [0.25, 0.3) is 11.2 Å². The summed E-state index contributed by atoms with van der Waals surface area (Å²) < 4.78 is 5.15. The maximum Gasteiger partial charge on any atom is 0.332 e. The average Bonchev–Trinajstić information content (AvgIpc) is 3.11. The number of hydrogen-bond acceptors (Lipinski definition) is 5. The van der Waals surface area contributed by atoms with Crippen LogP contribution < -0.4 is 16.7 Å². The zero-order chi connectivity index (χ0) is 21.3. The second kappa shape index (κ2) is 8.11. The highest BCUT2D eigenvalue weighted by Gasteiger charge is 2.19. The first-order valence-corrected chi connectivity index (χ1v) is 10.00. The minimum atomic E-state index is -0.430. The Morgan fingerprint density at radius 1 is 1.03 bits per heavy atom. The molecular weight excluding hydrogens is 448 g/mol. The number of aromatic nitrogens is 4. The molecule has 1 N–H and O–H groups in total. The Labute approximate surface area is 180 Å². The number of benzene rings is 2. The lowest BCUT2D eigenvalue weighted by atomic mass is 10.2. The molecule has 0 aliphatic heterocycles. The monoisotopic (exact) mass is 466 g/mol. The van der Waals surface area contributed by atoms with Crippen molar-refractivity contribution in [1.29, 1.82) is 0 Å². The molecule has 0 radical (unpaired) electrons. The Kier molecular flexibility index (Phi) is 5.37. The molecule has 152 valence electrons. The van der Waals surface area contributed by atoms with Gasteiger partial charge in [-0.3, -0.25) is 18.5 Å². The first-order chi connectivity index (χ1) is 14.5. The Balaban J connectivity index is 1.83. The van der Waals surface area contributed by atoms with Crippen molar-refractivity contribution >= 4 is 39.3 Å². The van der Waals surface area contributed by atoms with Gasteiger partial charge in [-0.2, -0.15) is 10.1 Å². The molecule has 0 amide bonds. The van der Waals surface area contributed by atoms with Gasteiger partial charge < -0.3 is 0 Å². The third-order valence-corrected chi connectivity index (χ3v) is 5.31. The van der Waals surface area contributed by atoms with Crippen LogP contribution in [-0.4, -0.2) is 24.9 Å². The van der Waals surface area contributed by atoms with E-state index in [1.807, 2.05) is 54.6 Å². The summed E-state index contributed by atoms with van der Waals surface area (Å²) in [6.45, 7) is 0.389. The second-order valence-electron chi connectivity index (χ2n) is 6.81. The van der Waals surface area contributed by atoms with Crippen LogP contribution in [0.4, 0.5) is 5.95 Å². The highest BCUT2D eigenvalue weighted by Crippen LogP contribution is 2.19. The van der Waals surface area contributed by atoms with Crippen molar-refractivity contribution in [2.75, 3.05) is 5.43 Å². The van der Waals surface area contributed by atoms with Crippen LogP contribution in [0.3, 0.4) is 0 Å². The average molecular weight is 467 g/mol. The Morgan fingerprint density at radius 2 is 1.73 bits per heavy atom. The molecule has 2 heterocycles. The minimum absolute atomic E-state index is 0.303. The number of halogens is 1. The summed E-state index contributed by atoms with van der Waals surface area (Å²) in [4.78, 5) is 29.7. The van der Waals surface area contributed by atoms with Gasteiger partial charge in [-0.25, -0.2) is 10.2 Å². The number of nitrogens with one attached hydrogen (secondary N) is 1. The summed E-state index contributed by atoms with van der Waals surface area (Å²) in [5, 5.41) is 4.27. The summed E-state index contributed by atoms with van der Waals surface area (Å²) in [5.74, 6) is 0.374. The van der Waals surface area contributed by atoms with Crippen molar-refractivity contribution in [3.05, 3.63) is 91.0 Å².